The van der Waals surface area contributed by atoms with Gasteiger partial charge in [-0.3, -0.25) is 4.72 Å². The maximum atomic E-state index is 12.2. The highest BCUT2D eigenvalue weighted by Gasteiger charge is 2.15. The van der Waals surface area contributed by atoms with Crippen molar-refractivity contribution in [3.8, 4) is 0 Å². The predicted octanol–water partition coefficient (Wildman–Crippen LogP) is 3.26. The van der Waals surface area contributed by atoms with E-state index in [0.717, 1.165) is 15.6 Å². The molecular formula is C13H13BrN2O2S. The Morgan fingerprint density at radius 2 is 1.84 bits per heavy atom. The average Bonchev–Trinajstić information content (AvgIpc) is 2.32. The van der Waals surface area contributed by atoms with Gasteiger partial charge in [0, 0.05) is 10.7 Å². The number of aromatic nitrogens is 1. The maximum Gasteiger partial charge on any atom is 0.263 e. The Morgan fingerprint density at radius 1 is 1.11 bits per heavy atom. The van der Waals surface area contributed by atoms with E-state index in [1.807, 2.05) is 13.8 Å². The number of anilines is 1. The lowest BCUT2D eigenvalue weighted by Gasteiger charge is -2.09. The molecule has 1 N–H and O–H groups in total. The Labute approximate surface area is 121 Å². The van der Waals surface area contributed by atoms with E-state index in [1.165, 1.54) is 6.20 Å². The average molecular weight is 341 g/mol. The summed E-state index contributed by atoms with van der Waals surface area (Å²) >= 11 is 3.27. The molecule has 0 fully saturated rings. The molecular weight excluding hydrogens is 328 g/mol. The summed E-state index contributed by atoms with van der Waals surface area (Å²) in [5, 5.41) is 0. The van der Waals surface area contributed by atoms with Gasteiger partial charge in [-0.05, 0) is 49.2 Å². The number of pyridine rings is 1. The second kappa shape index (κ2) is 5.30. The molecule has 0 spiro atoms. The van der Waals surface area contributed by atoms with Gasteiger partial charge in [0.05, 0.1) is 4.90 Å². The Hall–Kier alpha value is -1.40. The molecule has 19 heavy (non-hydrogen) atoms. The molecule has 2 aromatic rings. The van der Waals surface area contributed by atoms with Gasteiger partial charge in [-0.2, -0.15) is 0 Å². The zero-order chi connectivity index (χ0) is 14.0. The summed E-state index contributed by atoms with van der Waals surface area (Å²) in [5.74, 6) is 0.285. The van der Waals surface area contributed by atoms with Crippen molar-refractivity contribution in [2.75, 3.05) is 4.72 Å². The van der Waals surface area contributed by atoms with Gasteiger partial charge in [-0.1, -0.05) is 22.0 Å². The van der Waals surface area contributed by atoms with E-state index in [9.17, 15) is 8.42 Å². The normalized spacial score (nSPS) is 11.3. The summed E-state index contributed by atoms with van der Waals surface area (Å²) in [6, 6.07) is 8.36. The van der Waals surface area contributed by atoms with Gasteiger partial charge in [0.25, 0.3) is 10.0 Å². The zero-order valence-electron chi connectivity index (χ0n) is 10.5. The lowest BCUT2D eigenvalue weighted by atomic mass is 10.1. The van der Waals surface area contributed by atoms with E-state index >= 15 is 0 Å². The van der Waals surface area contributed by atoms with Gasteiger partial charge in [0.1, 0.15) is 5.82 Å². The molecule has 6 heteroatoms. The number of hydrogen-bond donors (Lipinski definition) is 1. The molecule has 4 nitrogen and oxygen atoms in total. The molecule has 1 heterocycles. The minimum absolute atomic E-state index is 0.234. The summed E-state index contributed by atoms with van der Waals surface area (Å²) in [4.78, 5) is 4.20. The van der Waals surface area contributed by atoms with Crippen LogP contribution in [-0.2, 0) is 10.0 Å². The van der Waals surface area contributed by atoms with Crippen molar-refractivity contribution in [2.45, 2.75) is 18.7 Å². The second-order valence-corrected chi connectivity index (χ2v) is 6.81. The van der Waals surface area contributed by atoms with Crippen LogP contribution in [0, 0.1) is 13.8 Å². The minimum Gasteiger partial charge on any atom is -0.263 e. The first kappa shape index (κ1) is 14.0. The van der Waals surface area contributed by atoms with Crippen LogP contribution in [0.5, 0.6) is 0 Å². The molecule has 0 radical (unpaired) electrons. The first-order valence-corrected chi connectivity index (χ1v) is 7.88. The monoisotopic (exact) mass is 340 g/mol. The first-order chi connectivity index (χ1) is 8.88. The van der Waals surface area contributed by atoms with E-state index in [1.54, 1.807) is 30.3 Å². The van der Waals surface area contributed by atoms with E-state index in [2.05, 4.69) is 25.6 Å². The van der Waals surface area contributed by atoms with Gasteiger partial charge >= 0.3 is 0 Å². The number of rotatable bonds is 3. The van der Waals surface area contributed by atoms with Gasteiger partial charge in [-0.15, -0.1) is 0 Å². The molecule has 0 saturated heterocycles. The number of nitrogens with one attached hydrogen (secondary N) is 1. The van der Waals surface area contributed by atoms with Crippen molar-refractivity contribution in [1.82, 2.24) is 4.98 Å². The maximum absolute atomic E-state index is 12.2. The van der Waals surface area contributed by atoms with Gasteiger partial charge in [0.15, 0.2) is 0 Å². The van der Waals surface area contributed by atoms with Crippen molar-refractivity contribution in [3.05, 3.63) is 52.1 Å². The summed E-state index contributed by atoms with van der Waals surface area (Å²) in [6.45, 7) is 3.82. The van der Waals surface area contributed by atoms with E-state index in [-0.39, 0.29) is 10.7 Å². The molecule has 0 aliphatic carbocycles. The number of hydrogen-bond acceptors (Lipinski definition) is 3. The number of aryl methyl sites for hydroxylation is 2. The molecule has 0 aliphatic rings. The Balaban J connectivity index is 2.35. The third kappa shape index (κ3) is 3.33. The summed E-state index contributed by atoms with van der Waals surface area (Å²) < 4.78 is 27.6. The summed E-state index contributed by atoms with van der Waals surface area (Å²) in [7, 11) is -3.60. The Bertz CT molecular complexity index is 714. The molecule has 0 aliphatic heterocycles. The SMILES string of the molecule is Cc1ccc(S(=O)(=O)Nc2cc(Br)ccn2)cc1C. The molecule has 1 aromatic carbocycles. The molecule has 0 unspecified atom stereocenters. The van der Waals surface area contributed by atoms with Crippen molar-refractivity contribution in [2.24, 2.45) is 0 Å². The second-order valence-electron chi connectivity index (χ2n) is 4.21. The largest absolute Gasteiger partial charge is 0.263 e. The molecule has 0 saturated carbocycles. The van der Waals surface area contributed by atoms with Crippen LogP contribution in [0.3, 0.4) is 0 Å². The topological polar surface area (TPSA) is 59.1 Å². The lowest BCUT2D eigenvalue weighted by molar-refractivity contribution is 0.601. The van der Waals surface area contributed by atoms with Crippen LogP contribution in [0.1, 0.15) is 11.1 Å². The van der Waals surface area contributed by atoms with Crippen LogP contribution in [-0.4, -0.2) is 13.4 Å². The number of nitrogens with zero attached hydrogens (tertiary/aromatic N) is 1. The summed E-state index contributed by atoms with van der Waals surface area (Å²) in [6.07, 6.45) is 1.53. The third-order valence-electron chi connectivity index (χ3n) is 2.75. The standard InChI is InChI=1S/C13H13BrN2O2S/c1-9-3-4-12(7-10(9)2)19(17,18)16-13-8-11(14)5-6-15-13/h3-8H,1-2H3,(H,15,16). The van der Waals surface area contributed by atoms with Crippen molar-refractivity contribution < 1.29 is 8.42 Å². The van der Waals surface area contributed by atoms with Crippen LogP contribution in [0.4, 0.5) is 5.82 Å². The van der Waals surface area contributed by atoms with Gasteiger partial charge < -0.3 is 0 Å². The minimum atomic E-state index is -3.60. The van der Waals surface area contributed by atoms with Crippen LogP contribution in [0.2, 0.25) is 0 Å². The van der Waals surface area contributed by atoms with Crippen molar-refractivity contribution in [1.29, 1.82) is 0 Å². The zero-order valence-corrected chi connectivity index (χ0v) is 12.9. The molecule has 1 aromatic heterocycles. The highest BCUT2D eigenvalue weighted by molar-refractivity contribution is 9.10. The fraction of sp³-hybridized carbons (Fsp3) is 0.154. The molecule has 100 valence electrons. The molecule has 0 amide bonds. The van der Waals surface area contributed by atoms with Crippen LogP contribution >= 0.6 is 15.9 Å². The lowest BCUT2D eigenvalue weighted by Crippen LogP contribution is -2.14. The number of benzene rings is 1. The van der Waals surface area contributed by atoms with Gasteiger partial charge in [-0.25, -0.2) is 13.4 Å². The van der Waals surface area contributed by atoms with Crippen LogP contribution in [0.25, 0.3) is 0 Å². The van der Waals surface area contributed by atoms with E-state index in [0.29, 0.717) is 0 Å². The predicted molar refractivity (Wildman–Crippen MR) is 78.7 cm³/mol. The quantitative estimate of drug-likeness (QED) is 0.932. The molecule has 0 bridgehead atoms. The Morgan fingerprint density at radius 3 is 2.47 bits per heavy atom. The Kier molecular flexibility index (Phi) is 3.91. The highest BCUT2D eigenvalue weighted by Crippen LogP contribution is 2.19. The number of sulfonamides is 1. The van der Waals surface area contributed by atoms with Crippen molar-refractivity contribution in [3.63, 3.8) is 0 Å². The fourth-order valence-electron chi connectivity index (χ4n) is 1.54. The van der Waals surface area contributed by atoms with E-state index < -0.39 is 10.0 Å². The highest BCUT2D eigenvalue weighted by atomic mass is 79.9. The van der Waals surface area contributed by atoms with Gasteiger partial charge in [0.2, 0.25) is 0 Å². The first-order valence-electron chi connectivity index (χ1n) is 5.60. The summed E-state index contributed by atoms with van der Waals surface area (Å²) in [5.41, 5.74) is 1.99. The van der Waals surface area contributed by atoms with Crippen molar-refractivity contribution >= 4 is 31.8 Å². The fourth-order valence-corrected chi connectivity index (χ4v) is 2.96. The third-order valence-corrected chi connectivity index (χ3v) is 4.60. The smallest absolute Gasteiger partial charge is 0.263 e. The van der Waals surface area contributed by atoms with E-state index in [4.69, 9.17) is 0 Å². The van der Waals surface area contributed by atoms with Crippen LogP contribution < -0.4 is 4.72 Å². The number of halogens is 1. The molecule has 2 rings (SSSR count). The van der Waals surface area contributed by atoms with Crippen LogP contribution in [0.15, 0.2) is 45.9 Å². The molecule has 0 atom stereocenters.